The molecule has 1 aromatic carbocycles. The monoisotopic (exact) mass is 293 g/mol. The molecule has 0 aliphatic rings. The third-order valence-electron chi connectivity index (χ3n) is 2.53. The van der Waals surface area contributed by atoms with Crippen LogP contribution in [0.2, 0.25) is 0 Å². The highest BCUT2D eigenvalue weighted by Crippen LogP contribution is 2.32. The van der Waals surface area contributed by atoms with Crippen LogP contribution in [0.3, 0.4) is 0 Å². The summed E-state index contributed by atoms with van der Waals surface area (Å²) in [6.45, 7) is 4.46. The second kappa shape index (κ2) is 4.75. The lowest BCUT2D eigenvalue weighted by Gasteiger charge is -2.19. The number of hydrogen-bond donors (Lipinski definition) is 0. The van der Waals surface area contributed by atoms with E-state index in [0.29, 0.717) is 5.58 Å². The minimum absolute atomic E-state index is 0.336. The number of rotatable bonds is 3. The van der Waals surface area contributed by atoms with Gasteiger partial charge in [0.05, 0.1) is 10.2 Å². The van der Waals surface area contributed by atoms with Crippen LogP contribution in [-0.2, 0) is 0 Å². The van der Waals surface area contributed by atoms with Gasteiger partial charge in [-0.15, -0.1) is 6.58 Å². The summed E-state index contributed by atoms with van der Waals surface area (Å²) in [4.78, 5) is 13.2. The Morgan fingerprint density at radius 3 is 2.88 bits per heavy atom. The molecule has 0 aliphatic heterocycles. The molecule has 17 heavy (non-hydrogen) atoms. The normalized spacial score (nSPS) is 10.5. The minimum atomic E-state index is -0.336. The predicted molar refractivity (Wildman–Crippen MR) is 73.7 cm³/mol. The highest BCUT2D eigenvalue weighted by Gasteiger charge is 2.09. The molecule has 2 rings (SSSR count). The van der Waals surface area contributed by atoms with Gasteiger partial charge in [-0.1, -0.05) is 6.08 Å². The Morgan fingerprint density at radius 2 is 2.18 bits per heavy atom. The van der Waals surface area contributed by atoms with Crippen LogP contribution in [0.15, 0.2) is 50.6 Å². The number of fused-ring (bicyclic) bond motifs is 1. The zero-order valence-corrected chi connectivity index (χ0v) is 11.0. The van der Waals surface area contributed by atoms with Crippen molar-refractivity contribution in [2.24, 2.45) is 0 Å². The summed E-state index contributed by atoms with van der Waals surface area (Å²) in [5, 5.41) is 0.887. The van der Waals surface area contributed by atoms with E-state index in [0.717, 1.165) is 22.1 Å². The van der Waals surface area contributed by atoms with Crippen molar-refractivity contribution in [3.05, 3.63) is 51.8 Å². The van der Waals surface area contributed by atoms with Gasteiger partial charge in [-0.3, -0.25) is 0 Å². The van der Waals surface area contributed by atoms with E-state index in [-0.39, 0.29) is 5.63 Å². The highest BCUT2D eigenvalue weighted by atomic mass is 79.9. The van der Waals surface area contributed by atoms with Gasteiger partial charge in [-0.05, 0) is 34.1 Å². The molecule has 3 nitrogen and oxygen atoms in total. The van der Waals surface area contributed by atoms with Crippen molar-refractivity contribution in [1.82, 2.24) is 0 Å². The van der Waals surface area contributed by atoms with Gasteiger partial charge in [-0.2, -0.15) is 0 Å². The van der Waals surface area contributed by atoms with Crippen molar-refractivity contribution in [3.8, 4) is 0 Å². The van der Waals surface area contributed by atoms with E-state index in [2.05, 4.69) is 27.4 Å². The Bertz CT molecular complexity index is 618. The van der Waals surface area contributed by atoms with Crippen LogP contribution in [0.4, 0.5) is 5.69 Å². The van der Waals surface area contributed by atoms with Crippen molar-refractivity contribution in [2.45, 2.75) is 0 Å². The zero-order chi connectivity index (χ0) is 12.4. The average Bonchev–Trinajstić information content (AvgIpc) is 2.29. The molecule has 0 saturated carbocycles. The van der Waals surface area contributed by atoms with Crippen LogP contribution in [0.25, 0.3) is 11.0 Å². The van der Waals surface area contributed by atoms with E-state index >= 15 is 0 Å². The van der Waals surface area contributed by atoms with E-state index in [1.807, 2.05) is 19.2 Å². The number of benzene rings is 1. The molecule has 0 fully saturated rings. The van der Waals surface area contributed by atoms with Crippen molar-refractivity contribution in [3.63, 3.8) is 0 Å². The van der Waals surface area contributed by atoms with Gasteiger partial charge in [0.25, 0.3) is 0 Å². The smallest absolute Gasteiger partial charge is 0.336 e. The molecule has 0 radical (unpaired) electrons. The highest BCUT2D eigenvalue weighted by molar-refractivity contribution is 9.10. The first kappa shape index (κ1) is 11.9. The molecule has 0 amide bonds. The lowest BCUT2D eigenvalue weighted by atomic mass is 10.2. The number of hydrogen-bond acceptors (Lipinski definition) is 3. The van der Waals surface area contributed by atoms with Crippen molar-refractivity contribution < 1.29 is 4.42 Å². The largest absolute Gasteiger partial charge is 0.423 e. The first-order chi connectivity index (χ1) is 8.13. The van der Waals surface area contributed by atoms with E-state index < -0.39 is 0 Å². The molecule has 1 heterocycles. The molecule has 2 aromatic rings. The van der Waals surface area contributed by atoms with Crippen molar-refractivity contribution in [1.29, 1.82) is 0 Å². The molecule has 0 bridgehead atoms. The first-order valence-corrected chi connectivity index (χ1v) is 5.97. The van der Waals surface area contributed by atoms with Gasteiger partial charge in [0.15, 0.2) is 0 Å². The average molecular weight is 294 g/mol. The molecule has 0 atom stereocenters. The van der Waals surface area contributed by atoms with Crippen LogP contribution in [-0.4, -0.2) is 13.6 Å². The van der Waals surface area contributed by atoms with Gasteiger partial charge in [0.2, 0.25) is 0 Å². The molecule has 0 saturated heterocycles. The van der Waals surface area contributed by atoms with Crippen LogP contribution >= 0.6 is 15.9 Å². The third kappa shape index (κ3) is 2.26. The molecule has 0 aliphatic carbocycles. The lowest BCUT2D eigenvalue weighted by Crippen LogP contribution is -2.17. The van der Waals surface area contributed by atoms with E-state index in [4.69, 9.17) is 4.42 Å². The second-order valence-corrected chi connectivity index (χ2v) is 4.53. The first-order valence-electron chi connectivity index (χ1n) is 5.18. The molecule has 88 valence electrons. The second-order valence-electron chi connectivity index (χ2n) is 3.73. The number of halogens is 1. The SMILES string of the molecule is C=CCN(C)c1ccc2oc(=O)ccc2c1Br. The van der Waals surface area contributed by atoms with Crippen LogP contribution < -0.4 is 10.5 Å². The quantitative estimate of drug-likeness (QED) is 0.644. The summed E-state index contributed by atoms with van der Waals surface area (Å²) in [6.07, 6.45) is 1.84. The summed E-state index contributed by atoms with van der Waals surface area (Å²) < 4.78 is 6.03. The summed E-state index contributed by atoms with van der Waals surface area (Å²) in [5.74, 6) is 0. The molecular weight excluding hydrogens is 282 g/mol. The molecule has 0 N–H and O–H groups in total. The topological polar surface area (TPSA) is 33.5 Å². The molecule has 4 heteroatoms. The third-order valence-corrected chi connectivity index (χ3v) is 3.36. The fourth-order valence-corrected chi connectivity index (χ4v) is 2.45. The predicted octanol–water partition coefficient (Wildman–Crippen LogP) is 3.18. The maximum Gasteiger partial charge on any atom is 0.336 e. The minimum Gasteiger partial charge on any atom is -0.423 e. The Balaban J connectivity index is 2.61. The number of nitrogens with zero attached hydrogens (tertiary/aromatic N) is 1. The maximum absolute atomic E-state index is 11.1. The van der Waals surface area contributed by atoms with Gasteiger partial charge in [-0.25, -0.2) is 4.79 Å². The maximum atomic E-state index is 11.1. The standard InChI is InChI=1S/C13H12BrNO2/c1-3-8-15(2)10-5-6-11-9(13(10)14)4-7-12(16)17-11/h3-7H,1,8H2,2H3. The van der Waals surface area contributed by atoms with E-state index in [1.165, 1.54) is 6.07 Å². The molecule has 1 aromatic heterocycles. The fraction of sp³-hybridized carbons (Fsp3) is 0.154. The van der Waals surface area contributed by atoms with E-state index in [9.17, 15) is 4.79 Å². The van der Waals surface area contributed by atoms with Crippen molar-refractivity contribution >= 4 is 32.6 Å². The van der Waals surface area contributed by atoms with Gasteiger partial charge in [0.1, 0.15) is 5.58 Å². The Labute approximate surface area is 107 Å². The Kier molecular flexibility index (Phi) is 3.33. The summed E-state index contributed by atoms with van der Waals surface area (Å²) in [5.41, 5.74) is 1.28. The number of likely N-dealkylation sites (N-methyl/N-ethyl adjacent to an activating group) is 1. The summed E-state index contributed by atoms with van der Waals surface area (Å²) in [7, 11) is 1.98. The van der Waals surface area contributed by atoms with Crippen molar-refractivity contribution in [2.75, 3.05) is 18.5 Å². The van der Waals surface area contributed by atoms with Crippen LogP contribution in [0.1, 0.15) is 0 Å². The Hall–Kier alpha value is -1.55. The van der Waals surface area contributed by atoms with Gasteiger partial charge >= 0.3 is 5.63 Å². The van der Waals surface area contributed by atoms with Gasteiger partial charge < -0.3 is 9.32 Å². The lowest BCUT2D eigenvalue weighted by molar-refractivity contribution is 0.561. The summed E-state index contributed by atoms with van der Waals surface area (Å²) >= 11 is 3.54. The fourth-order valence-electron chi connectivity index (χ4n) is 1.69. The number of anilines is 1. The molecular formula is C13H12BrNO2. The summed E-state index contributed by atoms with van der Waals surface area (Å²) in [6, 6.07) is 6.90. The van der Waals surface area contributed by atoms with Crippen LogP contribution in [0.5, 0.6) is 0 Å². The molecule has 0 unspecified atom stereocenters. The Morgan fingerprint density at radius 1 is 1.41 bits per heavy atom. The molecule has 0 spiro atoms. The zero-order valence-electron chi connectivity index (χ0n) is 9.44. The van der Waals surface area contributed by atoms with Gasteiger partial charge in [0, 0.05) is 25.0 Å². The van der Waals surface area contributed by atoms with Crippen LogP contribution in [0, 0.1) is 0 Å². The van der Waals surface area contributed by atoms with E-state index in [1.54, 1.807) is 12.1 Å².